The van der Waals surface area contributed by atoms with Gasteiger partial charge >= 0.3 is 0 Å². The Kier molecular flexibility index (Phi) is 4.88. The maximum Gasteiger partial charge on any atom is 0.278 e. The second-order valence-electron chi connectivity index (χ2n) is 4.96. The normalized spacial score (nSPS) is 11.5. The van der Waals surface area contributed by atoms with E-state index in [9.17, 15) is 9.59 Å². The van der Waals surface area contributed by atoms with Crippen LogP contribution in [0.4, 0.5) is 11.6 Å². The molecule has 2 heterocycles. The van der Waals surface area contributed by atoms with Gasteiger partial charge in [-0.3, -0.25) is 14.9 Å². The second-order valence-corrected chi connectivity index (χ2v) is 8.08. The van der Waals surface area contributed by atoms with Crippen molar-refractivity contribution in [3.05, 3.63) is 29.6 Å². The molecule has 3 rings (SSSR count). The van der Waals surface area contributed by atoms with Crippen LogP contribution in [-0.4, -0.2) is 30.2 Å². The van der Waals surface area contributed by atoms with Crippen LogP contribution in [0.25, 0.3) is 16.2 Å². The molecule has 25 heavy (non-hydrogen) atoms. The lowest BCUT2D eigenvalue weighted by Crippen LogP contribution is -2.27. The van der Waals surface area contributed by atoms with Crippen molar-refractivity contribution in [3.8, 4) is 11.3 Å². The summed E-state index contributed by atoms with van der Waals surface area (Å²) in [4.78, 5) is 27.5. The molecule has 2 amide bonds. The van der Waals surface area contributed by atoms with Gasteiger partial charge in [0.05, 0.1) is 5.69 Å². The van der Waals surface area contributed by atoms with E-state index in [-0.39, 0.29) is 11.9 Å². The molecule has 11 heteroatoms. The molecular formula is C14H10Cl3N5O2S. The van der Waals surface area contributed by atoms with Crippen LogP contribution in [0.2, 0.25) is 0 Å². The number of rotatable bonds is 3. The molecule has 0 bridgehead atoms. The minimum Gasteiger partial charge on any atom is -0.326 e. The first-order valence-corrected chi connectivity index (χ1v) is 8.86. The molecule has 1 aromatic carbocycles. The monoisotopic (exact) mass is 417 g/mol. The first-order chi connectivity index (χ1) is 11.7. The molecule has 0 atom stereocenters. The number of nitrogens with one attached hydrogen (secondary N) is 2. The number of amides is 2. The number of hydrogen-bond donors (Lipinski definition) is 2. The number of hydrogen-bond acceptors (Lipinski definition) is 5. The summed E-state index contributed by atoms with van der Waals surface area (Å²) in [6.45, 7) is 1.44. The molecule has 7 nitrogen and oxygen atoms in total. The van der Waals surface area contributed by atoms with E-state index in [1.807, 2.05) is 17.5 Å². The zero-order valence-electron chi connectivity index (χ0n) is 12.6. The number of benzene rings is 1. The van der Waals surface area contributed by atoms with Crippen LogP contribution in [0, 0.1) is 0 Å². The van der Waals surface area contributed by atoms with Gasteiger partial charge in [-0.05, 0) is 12.1 Å². The number of alkyl halides is 3. The summed E-state index contributed by atoms with van der Waals surface area (Å²) >= 11 is 17.9. The van der Waals surface area contributed by atoms with E-state index in [0.29, 0.717) is 10.6 Å². The first kappa shape index (κ1) is 17.9. The van der Waals surface area contributed by atoms with Crippen molar-refractivity contribution in [2.24, 2.45) is 0 Å². The van der Waals surface area contributed by atoms with Crippen molar-refractivity contribution in [1.29, 1.82) is 0 Å². The minimum atomic E-state index is -2.10. The van der Waals surface area contributed by atoms with Crippen molar-refractivity contribution >= 4 is 74.6 Å². The van der Waals surface area contributed by atoms with Gasteiger partial charge in [-0.2, -0.15) is 4.98 Å². The van der Waals surface area contributed by atoms with E-state index < -0.39 is 9.70 Å². The molecule has 2 N–H and O–H groups in total. The lowest BCUT2D eigenvalue weighted by atomic mass is 10.1. The van der Waals surface area contributed by atoms with E-state index in [1.54, 1.807) is 16.6 Å². The van der Waals surface area contributed by atoms with Crippen molar-refractivity contribution < 1.29 is 9.59 Å². The van der Waals surface area contributed by atoms with Crippen LogP contribution in [0.15, 0.2) is 29.6 Å². The van der Waals surface area contributed by atoms with Crippen LogP contribution >= 0.6 is 46.1 Å². The molecule has 0 fully saturated rings. The van der Waals surface area contributed by atoms with Gasteiger partial charge in [-0.1, -0.05) is 46.9 Å². The van der Waals surface area contributed by atoms with Crippen LogP contribution in [0.3, 0.4) is 0 Å². The minimum absolute atomic E-state index is 0.0410. The summed E-state index contributed by atoms with van der Waals surface area (Å²) < 4.78 is -0.521. The Hall–Kier alpha value is -1.87. The zero-order valence-corrected chi connectivity index (χ0v) is 15.7. The third-order valence-electron chi connectivity index (χ3n) is 3.07. The van der Waals surface area contributed by atoms with Gasteiger partial charge in [0.15, 0.2) is 0 Å². The number of thiazole rings is 1. The molecular weight excluding hydrogens is 409 g/mol. The Labute approximate surface area is 160 Å². The van der Waals surface area contributed by atoms with Gasteiger partial charge in [0.2, 0.25) is 10.9 Å². The molecule has 0 aliphatic heterocycles. The maximum absolute atomic E-state index is 11.7. The summed E-state index contributed by atoms with van der Waals surface area (Å²) in [5, 5.41) is 11.1. The topological polar surface area (TPSA) is 88.4 Å². The molecule has 130 valence electrons. The highest BCUT2D eigenvalue weighted by Gasteiger charge is 2.31. The van der Waals surface area contributed by atoms with Crippen molar-refractivity contribution in [1.82, 2.24) is 14.6 Å². The average molecular weight is 419 g/mol. The van der Waals surface area contributed by atoms with Gasteiger partial charge in [0, 0.05) is 23.6 Å². The van der Waals surface area contributed by atoms with Crippen LogP contribution in [0.5, 0.6) is 0 Å². The van der Waals surface area contributed by atoms with E-state index in [4.69, 9.17) is 34.8 Å². The number of fused-ring (bicyclic) bond motifs is 1. The lowest BCUT2D eigenvalue weighted by Gasteiger charge is -2.08. The third kappa shape index (κ3) is 4.04. The highest BCUT2D eigenvalue weighted by molar-refractivity contribution is 7.15. The number of aromatic nitrogens is 3. The zero-order chi connectivity index (χ0) is 18.2. The standard InChI is InChI=1S/C14H10Cl3N5O2S/c1-7(23)18-9-4-2-8(3-5-9)10-6-25-13-20-12(21-22(10)13)19-11(24)14(15,16)17/h2-6H,1H3,(H,18,23)(H,19,21,24). The smallest absolute Gasteiger partial charge is 0.278 e. The van der Waals surface area contributed by atoms with Crippen LogP contribution in [0.1, 0.15) is 6.92 Å². The summed E-state index contributed by atoms with van der Waals surface area (Å²) in [6, 6.07) is 7.24. The van der Waals surface area contributed by atoms with Crippen molar-refractivity contribution in [2.45, 2.75) is 10.7 Å². The Balaban J connectivity index is 1.88. The Morgan fingerprint density at radius 1 is 1.16 bits per heavy atom. The SMILES string of the molecule is CC(=O)Nc1ccc(-c2csc3nc(NC(=O)C(Cl)(Cl)Cl)nn23)cc1. The second kappa shape index (κ2) is 6.80. The van der Waals surface area contributed by atoms with E-state index in [2.05, 4.69) is 20.7 Å². The van der Waals surface area contributed by atoms with Gasteiger partial charge in [-0.25, -0.2) is 4.52 Å². The Morgan fingerprint density at radius 3 is 2.44 bits per heavy atom. The molecule has 0 radical (unpaired) electrons. The van der Waals surface area contributed by atoms with Crippen LogP contribution in [-0.2, 0) is 9.59 Å². The van der Waals surface area contributed by atoms with Crippen molar-refractivity contribution in [3.63, 3.8) is 0 Å². The molecule has 3 aromatic rings. The molecule has 0 saturated heterocycles. The van der Waals surface area contributed by atoms with E-state index >= 15 is 0 Å². The predicted octanol–water partition coefficient (Wildman–Crippen LogP) is 3.72. The molecule has 0 unspecified atom stereocenters. The van der Waals surface area contributed by atoms with Gasteiger partial charge in [-0.15, -0.1) is 16.4 Å². The number of anilines is 2. The summed E-state index contributed by atoms with van der Waals surface area (Å²) in [5.41, 5.74) is 2.33. The van der Waals surface area contributed by atoms with Crippen molar-refractivity contribution in [2.75, 3.05) is 10.6 Å². The molecule has 2 aromatic heterocycles. The summed E-state index contributed by atoms with van der Waals surface area (Å²) in [6.07, 6.45) is 0. The predicted molar refractivity (Wildman–Crippen MR) is 99.5 cm³/mol. The van der Waals surface area contributed by atoms with Gasteiger partial charge in [0.25, 0.3) is 15.6 Å². The average Bonchev–Trinajstić information content (AvgIpc) is 3.06. The Bertz CT molecular complexity index is 946. The lowest BCUT2D eigenvalue weighted by molar-refractivity contribution is -0.115. The fourth-order valence-corrected chi connectivity index (χ4v) is 3.01. The molecule has 0 spiro atoms. The fourth-order valence-electron chi connectivity index (χ4n) is 2.03. The summed E-state index contributed by atoms with van der Waals surface area (Å²) in [5.74, 6) is -0.937. The van der Waals surface area contributed by atoms with Gasteiger partial charge in [0.1, 0.15) is 0 Å². The van der Waals surface area contributed by atoms with E-state index in [1.165, 1.54) is 18.3 Å². The quantitative estimate of drug-likeness (QED) is 0.634. The molecule has 0 aliphatic rings. The molecule has 0 aliphatic carbocycles. The maximum atomic E-state index is 11.7. The number of carbonyl (C=O) groups excluding carboxylic acids is 2. The first-order valence-electron chi connectivity index (χ1n) is 6.84. The Morgan fingerprint density at radius 2 is 1.84 bits per heavy atom. The third-order valence-corrected chi connectivity index (χ3v) is 4.40. The highest BCUT2D eigenvalue weighted by Crippen LogP contribution is 2.29. The number of carbonyl (C=O) groups is 2. The van der Waals surface area contributed by atoms with Crippen LogP contribution < -0.4 is 10.6 Å². The summed E-state index contributed by atoms with van der Waals surface area (Å²) in [7, 11) is 0. The highest BCUT2D eigenvalue weighted by atomic mass is 35.6. The fraction of sp³-hybridized carbons (Fsp3) is 0.143. The number of nitrogens with zero attached hydrogens (tertiary/aromatic N) is 3. The largest absolute Gasteiger partial charge is 0.326 e. The van der Waals surface area contributed by atoms with E-state index in [0.717, 1.165) is 11.3 Å². The van der Waals surface area contributed by atoms with Gasteiger partial charge < -0.3 is 5.32 Å². The molecule has 0 saturated carbocycles. The number of halogens is 3.